The number of aromatic nitrogens is 4. The predicted molar refractivity (Wildman–Crippen MR) is 101 cm³/mol. The van der Waals surface area contributed by atoms with E-state index in [1.165, 1.54) is 0 Å². The van der Waals surface area contributed by atoms with Gasteiger partial charge in [-0.15, -0.1) is 0 Å². The first kappa shape index (κ1) is 16.7. The fourth-order valence-electron chi connectivity index (χ4n) is 3.25. The van der Waals surface area contributed by atoms with E-state index in [9.17, 15) is 5.11 Å². The van der Waals surface area contributed by atoms with Crippen molar-refractivity contribution in [1.82, 2.24) is 19.9 Å². The van der Waals surface area contributed by atoms with E-state index in [0.717, 1.165) is 41.9 Å². The third kappa shape index (κ3) is 3.57. The second kappa shape index (κ2) is 7.21. The number of aliphatic hydroxyl groups is 1. The predicted octanol–water partition coefficient (Wildman–Crippen LogP) is 2.02. The standard InChI is InChI=1S/C19H22N6O/c1-24(12-14-11-21-16-6-2-3-7-17(16)22-14)19-20-9-8-18(23-19)25-10-4-5-15(26)13-25/h2-3,6-9,11,15,26H,4-5,10,12-13H2,1H3. The Morgan fingerprint density at radius 3 is 2.85 bits per heavy atom. The number of piperidine rings is 1. The van der Waals surface area contributed by atoms with Gasteiger partial charge in [0.05, 0.1) is 35.6 Å². The Bertz CT molecular complexity index is 902. The largest absolute Gasteiger partial charge is 0.391 e. The van der Waals surface area contributed by atoms with Crippen molar-refractivity contribution in [2.24, 2.45) is 0 Å². The number of aliphatic hydroxyl groups excluding tert-OH is 1. The highest BCUT2D eigenvalue weighted by molar-refractivity contribution is 5.73. The molecule has 0 bridgehead atoms. The zero-order chi connectivity index (χ0) is 17.9. The van der Waals surface area contributed by atoms with Crippen LogP contribution in [0.2, 0.25) is 0 Å². The molecule has 1 aliphatic rings. The summed E-state index contributed by atoms with van der Waals surface area (Å²) in [5.41, 5.74) is 2.64. The molecule has 0 aliphatic carbocycles. The van der Waals surface area contributed by atoms with Gasteiger partial charge in [0.15, 0.2) is 0 Å². The van der Waals surface area contributed by atoms with E-state index >= 15 is 0 Å². The minimum atomic E-state index is -0.284. The Kier molecular flexibility index (Phi) is 4.62. The first-order valence-electron chi connectivity index (χ1n) is 8.87. The molecule has 7 nitrogen and oxygen atoms in total. The molecular formula is C19H22N6O. The van der Waals surface area contributed by atoms with Crippen LogP contribution in [-0.2, 0) is 6.54 Å². The molecule has 134 valence electrons. The lowest BCUT2D eigenvalue weighted by molar-refractivity contribution is 0.154. The maximum atomic E-state index is 9.89. The van der Waals surface area contributed by atoms with Gasteiger partial charge in [0.25, 0.3) is 0 Å². The van der Waals surface area contributed by atoms with Gasteiger partial charge in [0.1, 0.15) is 5.82 Å². The molecule has 1 N–H and O–H groups in total. The van der Waals surface area contributed by atoms with Crippen molar-refractivity contribution >= 4 is 22.8 Å². The number of anilines is 2. The summed E-state index contributed by atoms with van der Waals surface area (Å²) in [7, 11) is 1.95. The Labute approximate surface area is 152 Å². The molecule has 2 aromatic heterocycles. The van der Waals surface area contributed by atoms with Crippen LogP contribution in [0, 0.1) is 0 Å². The fraction of sp³-hybridized carbons (Fsp3) is 0.368. The maximum Gasteiger partial charge on any atom is 0.227 e. The molecule has 3 aromatic rings. The summed E-state index contributed by atoms with van der Waals surface area (Å²) in [6.45, 7) is 2.10. The fourth-order valence-corrected chi connectivity index (χ4v) is 3.25. The lowest BCUT2D eigenvalue weighted by atomic mass is 10.1. The smallest absolute Gasteiger partial charge is 0.227 e. The monoisotopic (exact) mass is 350 g/mol. The number of nitrogens with zero attached hydrogens (tertiary/aromatic N) is 6. The Morgan fingerprint density at radius 2 is 2.00 bits per heavy atom. The summed E-state index contributed by atoms with van der Waals surface area (Å²) in [4.78, 5) is 22.3. The molecule has 26 heavy (non-hydrogen) atoms. The van der Waals surface area contributed by atoms with Crippen molar-refractivity contribution in [3.63, 3.8) is 0 Å². The van der Waals surface area contributed by atoms with Crippen LogP contribution in [0.5, 0.6) is 0 Å². The van der Waals surface area contributed by atoms with E-state index in [0.29, 0.717) is 19.0 Å². The minimum Gasteiger partial charge on any atom is -0.391 e. The van der Waals surface area contributed by atoms with Crippen molar-refractivity contribution < 1.29 is 5.11 Å². The van der Waals surface area contributed by atoms with Gasteiger partial charge in [-0.05, 0) is 31.0 Å². The molecule has 1 fully saturated rings. The SMILES string of the molecule is CN(Cc1cnc2ccccc2n1)c1nccc(N2CCCC(O)C2)n1. The summed E-state index contributed by atoms with van der Waals surface area (Å²) in [6.07, 6.45) is 5.11. The first-order chi connectivity index (χ1) is 12.7. The summed E-state index contributed by atoms with van der Waals surface area (Å²) in [6, 6.07) is 9.73. The molecule has 7 heteroatoms. The third-order valence-corrected chi connectivity index (χ3v) is 4.59. The number of hydrogen-bond acceptors (Lipinski definition) is 7. The number of rotatable bonds is 4. The molecule has 0 spiro atoms. The van der Waals surface area contributed by atoms with E-state index in [1.807, 2.05) is 42.3 Å². The lowest BCUT2D eigenvalue weighted by Crippen LogP contribution is -2.38. The van der Waals surface area contributed by atoms with Crippen molar-refractivity contribution in [3.8, 4) is 0 Å². The normalized spacial score (nSPS) is 17.5. The minimum absolute atomic E-state index is 0.284. The highest BCUT2D eigenvalue weighted by Crippen LogP contribution is 2.20. The van der Waals surface area contributed by atoms with E-state index in [1.54, 1.807) is 12.4 Å². The van der Waals surface area contributed by atoms with Crippen LogP contribution >= 0.6 is 0 Å². The van der Waals surface area contributed by atoms with Crippen molar-refractivity contribution in [2.75, 3.05) is 29.9 Å². The zero-order valence-corrected chi connectivity index (χ0v) is 14.8. The average Bonchev–Trinajstić information content (AvgIpc) is 2.68. The van der Waals surface area contributed by atoms with Crippen LogP contribution in [0.1, 0.15) is 18.5 Å². The first-order valence-corrected chi connectivity index (χ1v) is 8.87. The summed E-state index contributed by atoms with van der Waals surface area (Å²) in [5.74, 6) is 1.49. The lowest BCUT2D eigenvalue weighted by Gasteiger charge is -2.31. The van der Waals surface area contributed by atoms with Gasteiger partial charge < -0.3 is 14.9 Å². The molecular weight excluding hydrogens is 328 g/mol. The molecule has 1 unspecified atom stereocenters. The topological polar surface area (TPSA) is 78.3 Å². The van der Waals surface area contributed by atoms with Gasteiger partial charge in [-0.25, -0.2) is 9.97 Å². The van der Waals surface area contributed by atoms with Crippen LogP contribution in [-0.4, -0.2) is 51.3 Å². The average molecular weight is 350 g/mol. The van der Waals surface area contributed by atoms with Gasteiger partial charge in [-0.1, -0.05) is 12.1 Å². The zero-order valence-electron chi connectivity index (χ0n) is 14.8. The number of benzene rings is 1. The number of hydrogen-bond donors (Lipinski definition) is 1. The molecule has 4 rings (SSSR count). The molecule has 1 aromatic carbocycles. The summed E-state index contributed by atoms with van der Waals surface area (Å²) in [5, 5.41) is 9.89. The number of fused-ring (bicyclic) bond motifs is 1. The van der Waals surface area contributed by atoms with Crippen LogP contribution in [0.4, 0.5) is 11.8 Å². The maximum absolute atomic E-state index is 9.89. The van der Waals surface area contributed by atoms with Crippen LogP contribution in [0.3, 0.4) is 0 Å². The summed E-state index contributed by atoms with van der Waals surface area (Å²) < 4.78 is 0. The molecule has 1 saturated heterocycles. The van der Waals surface area contributed by atoms with Crippen molar-refractivity contribution in [2.45, 2.75) is 25.5 Å². The van der Waals surface area contributed by atoms with Crippen molar-refractivity contribution in [1.29, 1.82) is 0 Å². The van der Waals surface area contributed by atoms with Crippen molar-refractivity contribution in [3.05, 3.63) is 48.4 Å². The second-order valence-electron chi connectivity index (χ2n) is 6.66. The van der Waals surface area contributed by atoms with Crippen LogP contribution in [0.15, 0.2) is 42.7 Å². The van der Waals surface area contributed by atoms with Gasteiger partial charge in [-0.2, -0.15) is 4.98 Å². The Morgan fingerprint density at radius 1 is 1.15 bits per heavy atom. The van der Waals surface area contributed by atoms with Gasteiger partial charge in [0.2, 0.25) is 5.95 Å². The molecule has 0 saturated carbocycles. The van der Waals surface area contributed by atoms with Crippen LogP contribution < -0.4 is 9.80 Å². The third-order valence-electron chi connectivity index (χ3n) is 4.59. The Balaban J connectivity index is 1.52. The quantitative estimate of drug-likeness (QED) is 0.771. The van der Waals surface area contributed by atoms with Crippen LogP contribution in [0.25, 0.3) is 11.0 Å². The van der Waals surface area contributed by atoms with Gasteiger partial charge in [-0.3, -0.25) is 4.98 Å². The van der Waals surface area contributed by atoms with Gasteiger partial charge >= 0.3 is 0 Å². The molecule has 0 radical (unpaired) electrons. The highest BCUT2D eigenvalue weighted by atomic mass is 16.3. The van der Waals surface area contributed by atoms with E-state index < -0.39 is 0 Å². The van der Waals surface area contributed by atoms with E-state index in [4.69, 9.17) is 0 Å². The summed E-state index contributed by atoms with van der Waals surface area (Å²) >= 11 is 0. The molecule has 0 amide bonds. The molecule has 1 atom stereocenters. The Hall–Kier alpha value is -2.80. The number of β-amino-alcohol motifs (C(OH)–C–C–N with tert-alkyl or cyclic N) is 1. The molecule has 3 heterocycles. The second-order valence-corrected chi connectivity index (χ2v) is 6.66. The van der Waals surface area contributed by atoms with Gasteiger partial charge in [0, 0.05) is 26.3 Å². The van der Waals surface area contributed by atoms with E-state index in [-0.39, 0.29) is 6.10 Å². The molecule has 1 aliphatic heterocycles. The van der Waals surface area contributed by atoms with E-state index in [2.05, 4.69) is 24.8 Å². The number of para-hydroxylation sites is 2. The highest BCUT2D eigenvalue weighted by Gasteiger charge is 2.19.